The van der Waals surface area contributed by atoms with Crippen molar-refractivity contribution in [2.24, 2.45) is 0 Å². The van der Waals surface area contributed by atoms with E-state index >= 15 is 0 Å². The Morgan fingerprint density at radius 1 is 1.05 bits per heavy atom. The van der Waals surface area contributed by atoms with Crippen molar-refractivity contribution in [3.05, 3.63) is 65.2 Å². The molecular weight excluding hydrogens is 230 g/mol. The maximum absolute atomic E-state index is 3.46. The number of rotatable bonds is 5. The van der Waals surface area contributed by atoms with E-state index in [1.54, 1.807) is 0 Å². The summed E-state index contributed by atoms with van der Waals surface area (Å²) < 4.78 is 0. The fourth-order valence-corrected chi connectivity index (χ4v) is 2.16. The summed E-state index contributed by atoms with van der Waals surface area (Å²) in [4.78, 5) is 0. The fraction of sp³-hybridized carbons (Fsp3) is 0.333. The van der Waals surface area contributed by atoms with Gasteiger partial charge >= 0.3 is 0 Å². The first-order valence-corrected chi connectivity index (χ1v) is 7.08. The third-order valence-electron chi connectivity index (χ3n) is 3.68. The molecule has 1 unspecified atom stereocenters. The number of benzene rings is 2. The Bertz CT molecular complexity index is 513. The van der Waals surface area contributed by atoms with Crippen LogP contribution in [0.3, 0.4) is 0 Å². The molecule has 2 aromatic rings. The highest BCUT2D eigenvalue weighted by Gasteiger charge is 2.02. The van der Waals surface area contributed by atoms with E-state index in [2.05, 4.69) is 74.6 Å². The Morgan fingerprint density at radius 3 is 2.42 bits per heavy atom. The molecular formula is C18H23N. The molecule has 2 aromatic carbocycles. The van der Waals surface area contributed by atoms with E-state index in [0.29, 0.717) is 5.92 Å². The molecule has 1 N–H and O–H groups in total. The summed E-state index contributed by atoms with van der Waals surface area (Å²) in [5, 5.41) is 3.46. The van der Waals surface area contributed by atoms with Crippen LogP contribution in [0.25, 0.3) is 0 Å². The van der Waals surface area contributed by atoms with Crippen LogP contribution < -0.4 is 5.32 Å². The molecule has 1 nitrogen and oxygen atoms in total. The largest absolute Gasteiger partial charge is 0.381 e. The van der Waals surface area contributed by atoms with E-state index in [-0.39, 0.29) is 0 Å². The SMILES string of the molecule is CCC(C)c1ccc(CNc2cccc(C)c2)cc1. The van der Waals surface area contributed by atoms with Crippen molar-refractivity contribution < 1.29 is 0 Å². The number of aryl methyl sites for hydroxylation is 1. The molecule has 0 aliphatic rings. The second-order valence-electron chi connectivity index (χ2n) is 5.27. The second-order valence-corrected chi connectivity index (χ2v) is 5.27. The smallest absolute Gasteiger partial charge is 0.0400 e. The van der Waals surface area contributed by atoms with E-state index < -0.39 is 0 Å². The highest BCUT2D eigenvalue weighted by atomic mass is 14.9. The monoisotopic (exact) mass is 253 g/mol. The highest BCUT2D eigenvalue weighted by molar-refractivity contribution is 5.46. The van der Waals surface area contributed by atoms with Gasteiger partial charge in [-0.05, 0) is 48.1 Å². The van der Waals surface area contributed by atoms with Crippen LogP contribution in [0.15, 0.2) is 48.5 Å². The Kier molecular flexibility index (Phi) is 4.62. The fourth-order valence-electron chi connectivity index (χ4n) is 2.16. The van der Waals surface area contributed by atoms with E-state index in [4.69, 9.17) is 0 Å². The van der Waals surface area contributed by atoms with Gasteiger partial charge < -0.3 is 5.32 Å². The maximum atomic E-state index is 3.46. The van der Waals surface area contributed by atoms with Crippen LogP contribution in [0.1, 0.15) is 42.9 Å². The van der Waals surface area contributed by atoms with Gasteiger partial charge in [-0.2, -0.15) is 0 Å². The zero-order chi connectivity index (χ0) is 13.7. The van der Waals surface area contributed by atoms with Gasteiger partial charge in [-0.3, -0.25) is 0 Å². The Labute approximate surface area is 116 Å². The molecule has 0 heterocycles. The lowest BCUT2D eigenvalue weighted by atomic mass is 9.98. The Morgan fingerprint density at radius 2 is 1.79 bits per heavy atom. The average Bonchev–Trinajstić information content (AvgIpc) is 2.45. The van der Waals surface area contributed by atoms with Gasteiger partial charge in [0.2, 0.25) is 0 Å². The normalized spacial score (nSPS) is 12.2. The van der Waals surface area contributed by atoms with Crippen molar-refractivity contribution in [2.45, 2.75) is 39.7 Å². The molecule has 0 bridgehead atoms. The van der Waals surface area contributed by atoms with Gasteiger partial charge in [-0.15, -0.1) is 0 Å². The third-order valence-corrected chi connectivity index (χ3v) is 3.68. The van der Waals surface area contributed by atoms with Crippen LogP contribution in [0.2, 0.25) is 0 Å². The van der Waals surface area contributed by atoms with Crippen LogP contribution in [-0.4, -0.2) is 0 Å². The summed E-state index contributed by atoms with van der Waals surface area (Å²) in [5.41, 5.74) is 5.23. The maximum Gasteiger partial charge on any atom is 0.0400 e. The second kappa shape index (κ2) is 6.42. The van der Waals surface area contributed by atoms with Gasteiger partial charge in [-0.1, -0.05) is 50.2 Å². The van der Waals surface area contributed by atoms with Crippen molar-refractivity contribution in [3.8, 4) is 0 Å². The molecule has 100 valence electrons. The van der Waals surface area contributed by atoms with E-state index in [9.17, 15) is 0 Å². The van der Waals surface area contributed by atoms with Crippen molar-refractivity contribution in [2.75, 3.05) is 5.32 Å². The molecule has 0 saturated carbocycles. The standard InChI is InChI=1S/C18H23N/c1-4-15(3)17-10-8-16(9-11-17)13-19-18-7-5-6-14(2)12-18/h5-12,15,19H,4,13H2,1-3H3. The summed E-state index contributed by atoms with van der Waals surface area (Å²) in [5.74, 6) is 0.652. The van der Waals surface area contributed by atoms with E-state index in [1.807, 2.05) is 0 Å². The van der Waals surface area contributed by atoms with E-state index in [1.165, 1.54) is 28.8 Å². The molecule has 0 aromatic heterocycles. The molecule has 0 aliphatic heterocycles. The Hall–Kier alpha value is -1.76. The summed E-state index contributed by atoms with van der Waals surface area (Å²) in [6.45, 7) is 7.51. The van der Waals surface area contributed by atoms with Crippen molar-refractivity contribution in [3.63, 3.8) is 0 Å². The van der Waals surface area contributed by atoms with Crippen LogP contribution >= 0.6 is 0 Å². The van der Waals surface area contributed by atoms with Gasteiger partial charge in [0.15, 0.2) is 0 Å². The molecule has 2 rings (SSSR count). The third kappa shape index (κ3) is 3.85. The van der Waals surface area contributed by atoms with Gasteiger partial charge in [0.1, 0.15) is 0 Å². The molecule has 0 saturated heterocycles. The molecule has 0 radical (unpaired) electrons. The minimum Gasteiger partial charge on any atom is -0.381 e. The molecule has 0 amide bonds. The quantitative estimate of drug-likeness (QED) is 0.779. The summed E-state index contributed by atoms with van der Waals surface area (Å²) >= 11 is 0. The first-order chi connectivity index (χ1) is 9.19. The molecule has 0 aliphatic carbocycles. The lowest BCUT2D eigenvalue weighted by Gasteiger charge is -2.11. The summed E-state index contributed by atoms with van der Waals surface area (Å²) in [6, 6.07) is 17.4. The van der Waals surface area contributed by atoms with Gasteiger partial charge in [-0.25, -0.2) is 0 Å². The Balaban J connectivity index is 1.96. The minimum absolute atomic E-state index is 0.652. The predicted molar refractivity (Wildman–Crippen MR) is 83.7 cm³/mol. The predicted octanol–water partition coefficient (Wildman–Crippen LogP) is 5.12. The number of anilines is 1. The van der Waals surface area contributed by atoms with Gasteiger partial charge in [0.05, 0.1) is 0 Å². The summed E-state index contributed by atoms with van der Waals surface area (Å²) in [6.07, 6.45) is 1.20. The minimum atomic E-state index is 0.652. The zero-order valence-corrected chi connectivity index (χ0v) is 12.1. The lowest BCUT2D eigenvalue weighted by Crippen LogP contribution is -2.00. The zero-order valence-electron chi connectivity index (χ0n) is 12.1. The first kappa shape index (κ1) is 13.7. The van der Waals surface area contributed by atoms with Crippen LogP contribution in [0.5, 0.6) is 0 Å². The average molecular weight is 253 g/mol. The van der Waals surface area contributed by atoms with E-state index in [0.717, 1.165) is 6.54 Å². The number of hydrogen-bond acceptors (Lipinski definition) is 1. The lowest BCUT2D eigenvalue weighted by molar-refractivity contribution is 0.733. The highest BCUT2D eigenvalue weighted by Crippen LogP contribution is 2.19. The van der Waals surface area contributed by atoms with Gasteiger partial charge in [0, 0.05) is 12.2 Å². The molecule has 0 spiro atoms. The van der Waals surface area contributed by atoms with Crippen molar-refractivity contribution in [1.29, 1.82) is 0 Å². The van der Waals surface area contributed by atoms with Crippen molar-refractivity contribution in [1.82, 2.24) is 0 Å². The van der Waals surface area contributed by atoms with Crippen LogP contribution in [-0.2, 0) is 6.54 Å². The summed E-state index contributed by atoms with van der Waals surface area (Å²) in [7, 11) is 0. The van der Waals surface area contributed by atoms with Crippen molar-refractivity contribution >= 4 is 5.69 Å². The number of hydrogen-bond donors (Lipinski definition) is 1. The molecule has 1 atom stereocenters. The molecule has 0 fully saturated rings. The molecule has 1 heteroatoms. The van der Waals surface area contributed by atoms with Crippen LogP contribution in [0, 0.1) is 6.92 Å². The number of nitrogens with one attached hydrogen (secondary N) is 1. The van der Waals surface area contributed by atoms with Gasteiger partial charge in [0.25, 0.3) is 0 Å². The van der Waals surface area contributed by atoms with Crippen LogP contribution in [0.4, 0.5) is 5.69 Å². The molecule has 19 heavy (non-hydrogen) atoms. The first-order valence-electron chi connectivity index (χ1n) is 7.08. The topological polar surface area (TPSA) is 12.0 Å².